The molecule has 30 heavy (non-hydrogen) atoms. The Morgan fingerprint density at radius 3 is 2.10 bits per heavy atom. The number of carbonyl (C=O) groups is 2. The number of hydrogen-bond donors (Lipinski definition) is 3. The van der Waals surface area contributed by atoms with Crippen molar-refractivity contribution in [2.75, 3.05) is 5.48 Å². The summed E-state index contributed by atoms with van der Waals surface area (Å²) in [7, 11) is 0. The van der Waals surface area contributed by atoms with Gasteiger partial charge in [0.1, 0.15) is 17.0 Å². The summed E-state index contributed by atoms with van der Waals surface area (Å²) in [6, 6.07) is 6.83. The second kappa shape index (κ2) is 8.94. The van der Waals surface area contributed by atoms with Gasteiger partial charge in [-0.15, -0.1) is 0 Å². The van der Waals surface area contributed by atoms with Crippen LogP contribution in [-0.2, 0) is 14.4 Å². The number of benzene rings is 1. The lowest BCUT2D eigenvalue weighted by Crippen LogP contribution is -2.48. The highest BCUT2D eigenvalue weighted by Crippen LogP contribution is 2.33. The van der Waals surface area contributed by atoms with E-state index < -0.39 is 28.9 Å². The highest BCUT2D eigenvalue weighted by atomic mass is 16.7. The first-order chi connectivity index (χ1) is 13.7. The molecule has 1 saturated carbocycles. The van der Waals surface area contributed by atoms with Crippen molar-refractivity contribution in [3.8, 4) is 0 Å². The maximum atomic E-state index is 12.4. The largest absolute Gasteiger partial charge is 0.444 e. The van der Waals surface area contributed by atoms with Crippen molar-refractivity contribution >= 4 is 17.6 Å². The number of hydrogen-bond acceptors (Lipinski definition) is 6. The van der Waals surface area contributed by atoms with Gasteiger partial charge in [-0.05, 0) is 79.0 Å². The number of ether oxygens (including phenoxy) is 1. The summed E-state index contributed by atoms with van der Waals surface area (Å²) < 4.78 is 5.36. The van der Waals surface area contributed by atoms with Crippen molar-refractivity contribution in [3.05, 3.63) is 29.8 Å². The van der Waals surface area contributed by atoms with Crippen molar-refractivity contribution in [1.82, 2.24) is 5.32 Å². The Hall–Kier alpha value is -2.12. The number of nitrogens with one attached hydrogen (secondary N) is 2. The van der Waals surface area contributed by atoms with E-state index in [1.165, 1.54) is 0 Å². The fourth-order valence-corrected chi connectivity index (χ4v) is 2.57. The molecule has 0 saturated heterocycles. The van der Waals surface area contributed by atoms with Crippen LogP contribution in [0.25, 0.3) is 0 Å². The van der Waals surface area contributed by atoms with E-state index in [0.717, 1.165) is 18.4 Å². The van der Waals surface area contributed by atoms with Crippen LogP contribution in [0.1, 0.15) is 79.3 Å². The van der Waals surface area contributed by atoms with Crippen LogP contribution in [0.3, 0.4) is 0 Å². The lowest BCUT2D eigenvalue weighted by atomic mass is 9.90. The number of rotatable bonds is 9. The molecule has 7 heteroatoms. The Bertz CT molecular complexity index is 740. The number of ketones is 1. The number of aliphatic hydroxyl groups is 1. The van der Waals surface area contributed by atoms with Crippen molar-refractivity contribution in [2.45, 2.75) is 90.6 Å². The zero-order valence-electron chi connectivity index (χ0n) is 19.2. The van der Waals surface area contributed by atoms with E-state index in [0.29, 0.717) is 5.69 Å². The van der Waals surface area contributed by atoms with Crippen LogP contribution in [0.4, 0.5) is 10.5 Å². The van der Waals surface area contributed by atoms with Gasteiger partial charge in [0.25, 0.3) is 0 Å². The van der Waals surface area contributed by atoms with Crippen molar-refractivity contribution in [3.63, 3.8) is 0 Å². The highest BCUT2D eigenvalue weighted by molar-refractivity contribution is 5.84. The molecule has 0 spiro atoms. The lowest BCUT2D eigenvalue weighted by molar-refractivity contribution is -0.130. The second-order valence-electron chi connectivity index (χ2n) is 10.0. The Kier molecular flexibility index (Phi) is 7.20. The van der Waals surface area contributed by atoms with Crippen molar-refractivity contribution in [1.29, 1.82) is 0 Å². The summed E-state index contributed by atoms with van der Waals surface area (Å²) in [6.07, 6.45) is 1.54. The lowest BCUT2D eigenvalue weighted by Gasteiger charge is -2.36. The predicted octanol–water partition coefficient (Wildman–Crippen LogP) is 4.51. The Morgan fingerprint density at radius 2 is 1.63 bits per heavy atom. The molecule has 1 aromatic carbocycles. The molecule has 1 aliphatic rings. The topological polar surface area (TPSA) is 96.9 Å². The smallest absolute Gasteiger partial charge is 0.408 e. The summed E-state index contributed by atoms with van der Waals surface area (Å²) >= 11 is 0. The fourth-order valence-electron chi connectivity index (χ4n) is 2.57. The molecule has 7 nitrogen and oxygen atoms in total. The van der Waals surface area contributed by atoms with Crippen LogP contribution in [-0.4, -0.2) is 33.8 Å². The van der Waals surface area contributed by atoms with Gasteiger partial charge in [-0.25, -0.2) is 4.79 Å². The first-order valence-electron chi connectivity index (χ1n) is 10.5. The Morgan fingerprint density at radius 1 is 1.07 bits per heavy atom. The summed E-state index contributed by atoms with van der Waals surface area (Å²) in [4.78, 5) is 30.3. The number of carbonyl (C=O) groups excluding carboxylic acids is 2. The SMILES string of the molecule is CC(C)(C)OC(=O)NC(CC(=O)C1CC1)c1ccc(NOC(C)(C)C(C)(C)O)cc1. The maximum Gasteiger partial charge on any atom is 0.408 e. The highest BCUT2D eigenvalue weighted by Gasteiger charge is 2.37. The van der Waals surface area contributed by atoms with Gasteiger partial charge in [-0.3, -0.25) is 15.1 Å². The summed E-state index contributed by atoms with van der Waals surface area (Å²) in [5, 5.41) is 13.0. The summed E-state index contributed by atoms with van der Waals surface area (Å²) in [5.74, 6) is 0.278. The average molecular weight is 421 g/mol. The summed E-state index contributed by atoms with van der Waals surface area (Å²) in [6.45, 7) is 12.3. The van der Waals surface area contributed by atoms with Crippen LogP contribution in [0.2, 0.25) is 0 Å². The molecule has 1 atom stereocenters. The van der Waals surface area contributed by atoms with Crippen molar-refractivity contribution < 1.29 is 24.3 Å². The minimum absolute atomic E-state index is 0.117. The predicted molar refractivity (Wildman–Crippen MR) is 116 cm³/mol. The van der Waals surface area contributed by atoms with Gasteiger partial charge in [0.2, 0.25) is 0 Å². The molecule has 0 aromatic heterocycles. The molecular formula is C23H36N2O5. The van der Waals surface area contributed by atoms with Gasteiger partial charge < -0.3 is 15.2 Å². The van der Waals surface area contributed by atoms with Gasteiger partial charge >= 0.3 is 6.09 Å². The molecule has 0 aliphatic heterocycles. The molecule has 0 bridgehead atoms. The third-order valence-corrected chi connectivity index (χ3v) is 5.34. The number of Topliss-reactive ketones (excluding diaryl/α,β-unsaturated/α-hetero) is 1. The first kappa shape index (κ1) is 24.2. The number of alkyl carbamates (subject to hydrolysis) is 1. The minimum Gasteiger partial charge on any atom is -0.444 e. The molecule has 168 valence electrons. The van der Waals surface area contributed by atoms with E-state index in [9.17, 15) is 14.7 Å². The standard InChI is InChI=1S/C23H36N2O5/c1-21(2,3)29-20(27)24-18(14-19(26)16-8-9-16)15-10-12-17(13-11-15)25-30-23(6,7)22(4,5)28/h10-13,16,18,25,28H,8-9,14H2,1-7H3,(H,24,27). The van der Waals surface area contributed by atoms with Crippen LogP contribution < -0.4 is 10.8 Å². The molecular weight excluding hydrogens is 384 g/mol. The Balaban J connectivity index is 2.08. The zero-order valence-corrected chi connectivity index (χ0v) is 19.2. The monoisotopic (exact) mass is 420 g/mol. The van der Waals surface area contributed by atoms with Gasteiger partial charge in [-0.1, -0.05) is 12.1 Å². The van der Waals surface area contributed by atoms with Crippen LogP contribution in [0, 0.1) is 5.92 Å². The number of anilines is 1. The van der Waals surface area contributed by atoms with Crippen LogP contribution >= 0.6 is 0 Å². The number of amides is 1. The molecule has 2 rings (SSSR count). The fraction of sp³-hybridized carbons (Fsp3) is 0.652. The molecule has 1 amide bonds. The van der Waals surface area contributed by atoms with Gasteiger partial charge in [-0.2, -0.15) is 0 Å². The van der Waals surface area contributed by atoms with Gasteiger partial charge in [0, 0.05) is 12.3 Å². The van der Waals surface area contributed by atoms with E-state index in [1.807, 2.05) is 12.1 Å². The molecule has 1 aliphatic carbocycles. The second-order valence-corrected chi connectivity index (χ2v) is 10.0. The third-order valence-electron chi connectivity index (χ3n) is 5.34. The van der Waals surface area contributed by atoms with E-state index in [-0.39, 0.29) is 18.1 Å². The molecule has 0 radical (unpaired) electrons. The molecule has 0 heterocycles. The van der Waals surface area contributed by atoms with Gasteiger partial charge in [0.15, 0.2) is 0 Å². The van der Waals surface area contributed by atoms with E-state index >= 15 is 0 Å². The normalized spacial score (nSPS) is 16.0. The third kappa shape index (κ3) is 7.29. The molecule has 1 unspecified atom stereocenters. The zero-order chi connectivity index (χ0) is 22.7. The van der Waals surface area contributed by atoms with E-state index in [1.54, 1.807) is 60.6 Å². The molecule has 1 aromatic rings. The minimum atomic E-state index is -1.04. The quantitative estimate of drug-likeness (QED) is 0.509. The first-order valence-corrected chi connectivity index (χ1v) is 10.5. The van der Waals surface area contributed by atoms with Crippen LogP contribution in [0.15, 0.2) is 24.3 Å². The summed E-state index contributed by atoms with van der Waals surface area (Å²) in [5.41, 5.74) is 1.89. The maximum absolute atomic E-state index is 12.4. The molecule has 1 fully saturated rings. The van der Waals surface area contributed by atoms with Gasteiger partial charge in [0.05, 0.1) is 17.3 Å². The van der Waals surface area contributed by atoms with E-state index in [4.69, 9.17) is 9.57 Å². The Labute approximate surface area is 179 Å². The van der Waals surface area contributed by atoms with Crippen LogP contribution in [0.5, 0.6) is 0 Å². The average Bonchev–Trinajstić information content (AvgIpc) is 3.42. The van der Waals surface area contributed by atoms with Crippen molar-refractivity contribution in [2.24, 2.45) is 5.92 Å². The van der Waals surface area contributed by atoms with E-state index in [2.05, 4.69) is 10.8 Å². The molecule has 3 N–H and O–H groups in total.